The van der Waals surface area contributed by atoms with E-state index in [4.69, 9.17) is 10.8 Å². The van der Waals surface area contributed by atoms with E-state index in [2.05, 4.69) is 4.98 Å². The summed E-state index contributed by atoms with van der Waals surface area (Å²) in [5.41, 5.74) is 6.89. The summed E-state index contributed by atoms with van der Waals surface area (Å²) < 4.78 is 0. The molecule has 0 radical (unpaired) electrons. The molecule has 1 aromatic heterocycles. The molecule has 1 aromatic rings. The van der Waals surface area contributed by atoms with E-state index in [9.17, 15) is 4.79 Å². The maximum absolute atomic E-state index is 12.3. The first kappa shape index (κ1) is 13.0. The summed E-state index contributed by atoms with van der Waals surface area (Å²) in [4.78, 5) is 18.2. The molecule has 0 aromatic carbocycles. The number of piperidine rings is 1. The van der Waals surface area contributed by atoms with Crippen LogP contribution in [0.2, 0.25) is 0 Å². The number of pyridine rings is 1. The minimum absolute atomic E-state index is 0.0310. The van der Waals surface area contributed by atoms with Crippen molar-refractivity contribution in [3.63, 3.8) is 0 Å². The largest absolute Gasteiger partial charge is 0.396 e. The average Bonchev–Trinajstić information content (AvgIpc) is 2.46. The van der Waals surface area contributed by atoms with E-state index in [-0.39, 0.29) is 12.5 Å². The lowest BCUT2D eigenvalue weighted by atomic mass is 9.97. The van der Waals surface area contributed by atoms with Crippen molar-refractivity contribution in [2.75, 3.05) is 19.7 Å². The molecule has 1 aliphatic heterocycles. The maximum Gasteiger partial charge on any atom is 0.253 e. The lowest BCUT2D eigenvalue weighted by molar-refractivity contribution is 0.0650. The van der Waals surface area contributed by atoms with Gasteiger partial charge in [0.15, 0.2) is 0 Å². The molecule has 0 saturated carbocycles. The first-order valence-corrected chi connectivity index (χ1v) is 6.29. The van der Waals surface area contributed by atoms with Crippen LogP contribution in [0.4, 0.5) is 0 Å². The van der Waals surface area contributed by atoms with Crippen molar-refractivity contribution in [1.29, 1.82) is 0 Å². The Morgan fingerprint density at radius 2 is 2.22 bits per heavy atom. The second-order valence-corrected chi connectivity index (χ2v) is 4.66. The summed E-state index contributed by atoms with van der Waals surface area (Å²) in [5.74, 6) is 0.370. The van der Waals surface area contributed by atoms with Gasteiger partial charge in [0, 0.05) is 38.0 Å². The molecule has 0 unspecified atom stereocenters. The highest BCUT2D eigenvalue weighted by atomic mass is 16.3. The van der Waals surface area contributed by atoms with E-state index >= 15 is 0 Å². The molecule has 0 aliphatic carbocycles. The fourth-order valence-electron chi connectivity index (χ4n) is 2.22. The van der Waals surface area contributed by atoms with Crippen LogP contribution in [0.5, 0.6) is 0 Å². The number of aliphatic hydroxyl groups excluding tert-OH is 1. The first-order chi connectivity index (χ1) is 8.74. The molecule has 1 aliphatic rings. The molecule has 1 amide bonds. The Bertz CT molecular complexity index is 414. The molecule has 1 fully saturated rings. The Labute approximate surface area is 107 Å². The van der Waals surface area contributed by atoms with Gasteiger partial charge in [-0.25, -0.2) is 0 Å². The predicted molar refractivity (Wildman–Crippen MR) is 67.8 cm³/mol. The Kier molecular flexibility index (Phi) is 4.28. The van der Waals surface area contributed by atoms with Crippen LogP contribution >= 0.6 is 0 Å². The monoisotopic (exact) mass is 249 g/mol. The number of nitrogens with two attached hydrogens (primary N) is 1. The van der Waals surface area contributed by atoms with Crippen molar-refractivity contribution in [3.05, 3.63) is 29.6 Å². The summed E-state index contributed by atoms with van der Waals surface area (Å²) in [6.45, 7) is 1.98. The number of hydrogen-bond acceptors (Lipinski definition) is 4. The topological polar surface area (TPSA) is 79.5 Å². The molecule has 2 heterocycles. The van der Waals surface area contributed by atoms with Crippen molar-refractivity contribution < 1.29 is 9.90 Å². The van der Waals surface area contributed by atoms with Crippen LogP contribution in [0.25, 0.3) is 0 Å². The maximum atomic E-state index is 12.3. The number of carbonyl (C=O) groups excluding carboxylic acids is 1. The summed E-state index contributed by atoms with van der Waals surface area (Å²) >= 11 is 0. The summed E-state index contributed by atoms with van der Waals surface area (Å²) in [7, 11) is 0. The molecular formula is C13H19N3O2. The van der Waals surface area contributed by atoms with Crippen LogP contribution < -0.4 is 5.73 Å². The third kappa shape index (κ3) is 2.86. The zero-order valence-electron chi connectivity index (χ0n) is 10.4. The van der Waals surface area contributed by atoms with Crippen molar-refractivity contribution in [2.45, 2.75) is 19.4 Å². The molecule has 0 atom stereocenters. The highest BCUT2D eigenvalue weighted by molar-refractivity contribution is 5.94. The summed E-state index contributed by atoms with van der Waals surface area (Å²) in [6.07, 6.45) is 3.37. The number of likely N-dealkylation sites (tertiary alicyclic amines) is 1. The SMILES string of the molecule is NCc1cc(C(=O)N2CCC(CO)CC2)ccn1. The van der Waals surface area contributed by atoms with E-state index in [0.29, 0.717) is 31.1 Å². The van der Waals surface area contributed by atoms with Crippen LogP contribution in [0, 0.1) is 5.92 Å². The van der Waals surface area contributed by atoms with Gasteiger partial charge in [0.1, 0.15) is 0 Å². The van der Waals surface area contributed by atoms with Crippen LogP contribution in [0.15, 0.2) is 18.3 Å². The molecule has 0 spiro atoms. The Morgan fingerprint density at radius 3 is 2.83 bits per heavy atom. The molecule has 0 bridgehead atoms. The second kappa shape index (κ2) is 5.93. The summed E-state index contributed by atoms with van der Waals surface area (Å²) in [6, 6.07) is 3.47. The van der Waals surface area contributed by atoms with E-state index in [1.54, 1.807) is 18.3 Å². The molecule has 3 N–H and O–H groups in total. The van der Waals surface area contributed by atoms with Crippen LogP contribution in [-0.2, 0) is 6.54 Å². The van der Waals surface area contributed by atoms with Crippen molar-refractivity contribution in [1.82, 2.24) is 9.88 Å². The van der Waals surface area contributed by atoms with Crippen LogP contribution in [-0.4, -0.2) is 40.6 Å². The molecule has 98 valence electrons. The first-order valence-electron chi connectivity index (χ1n) is 6.29. The number of aromatic nitrogens is 1. The predicted octanol–water partition coefficient (Wildman–Crippen LogP) is 0.385. The van der Waals surface area contributed by atoms with Gasteiger partial charge in [-0.05, 0) is 30.9 Å². The molecule has 5 heteroatoms. The van der Waals surface area contributed by atoms with Crippen molar-refractivity contribution in [2.24, 2.45) is 11.7 Å². The van der Waals surface area contributed by atoms with Gasteiger partial charge in [-0.1, -0.05) is 0 Å². The van der Waals surface area contributed by atoms with Crippen molar-refractivity contribution >= 4 is 5.91 Å². The van der Waals surface area contributed by atoms with E-state index in [1.807, 2.05) is 4.90 Å². The standard InChI is InChI=1S/C13H19N3O2/c14-8-12-7-11(1-4-15-12)13(18)16-5-2-10(9-17)3-6-16/h1,4,7,10,17H,2-3,5-6,8-9,14H2. The zero-order valence-corrected chi connectivity index (χ0v) is 10.4. The second-order valence-electron chi connectivity index (χ2n) is 4.66. The van der Waals surface area contributed by atoms with Gasteiger partial charge in [-0.3, -0.25) is 9.78 Å². The molecular weight excluding hydrogens is 230 g/mol. The quantitative estimate of drug-likeness (QED) is 0.812. The highest BCUT2D eigenvalue weighted by Gasteiger charge is 2.23. The minimum atomic E-state index is 0.0310. The Balaban J connectivity index is 2.03. The molecule has 5 nitrogen and oxygen atoms in total. The number of aliphatic hydroxyl groups is 1. The van der Waals surface area contributed by atoms with E-state index in [1.165, 1.54) is 0 Å². The molecule has 1 saturated heterocycles. The van der Waals surface area contributed by atoms with E-state index < -0.39 is 0 Å². The zero-order chi connectivity index (χ0) is 13.0. The van der Waals surface area contributed by atoms with Crippen molar-refractivity contribution in [3.8, 4) is 0 Å². The smallest absolute Gasteiger partial charge is 0.253 e. The summed E-state index contributed by atoms with van der Waals surface area (Å²) in [5, 5.41) is 9.08. The van der Waals surface area contributed by atoms with Gasteiger partial charge < -0.3 is 15.7 Å². The van der Waals surface area contributed by atoms with Crippen LogP contribution in [0.3, 0.4) is 0 Å². The lowest BCUT2D eigenvalue weighted by Crippen LogP contribution is -2.39. The van der Waals surface area contributed by atoms with Crippen LogP contribution in [0.1, 0.15) is 28.9 Å². The highest BCUT2D eigenvalue weighted by Crippen LogP contribution is 2.18. The van der Waals surface area contributed by atoms with Gasteiger partial charge in [0.2, 0.25) is 0 Å². The Hall–Kier alpha value is -1.46. The number of amides is 1. The van der Waals surface area contributed by atoms with Gasteiger partial charge in [-0.2, -0.15) is 0 Å². The van der Waals surface area contributed by atoms with Gasteiger partial charge in [0.05, 0.1) is 5.69 Å². The number of nitrogens with zero attached hydrogens (tertiary/aromatic N) is 2. The fraction of sp³-hybridized carbons (Fsp3) is 0.538. The van der Waals surface area contributed by atoms with Gasteiger partial charge in [0.25, 0.3) is 5.91 Å². The Morgan fingerprint density at radius 1 is 1.50 bits per heavy atom. The third-order valence-electron chi connectivity index (χ3n) is 3.43. The molecule has 18 heavy (non-hydrogen) atoms. The minimum Gasteiger partial charge on any atom is -0.396 e. The average molecular weight is 249 g/mol. The van der Waals surface area contributed by atoms with Gasteiger partial charge >= 0.3 is 0 Å². The fourth-order valence-corrected chi connectivity index (χ4v) is 2.22. The van der Waals surface area contributed by atoms with Gasteiger partial charge in [-0.15, -0.1) is 0 Å². The number of rotatable bonds is 3. The molecule has 2 rings (SSSR count). The van der Waals surface area contributed by atoms with E-state index in [0.717, 1.165) is 18.5 Å². The normalized spacial score (nSPS) is 16.9. The third-order valence-corrected chi connectivity index (χ3v) is 3.43. The number of carbonyl (C=O) groups is 1. The lowest BCUT2D eigenvalue weighted by Gasteiger charge is -2.31. The number of hydrogen-bond donors (Lipinski definition) is 2.